The Morgan fingerprint density at radius 1 is 0.969 bits per heavy atom. The van der Waals surface area contributed by atoms with E-state index in [2.05, 4.69) is 5.32 Å². The largest absolute Gasteiger partial charge is 0.507 e. The molecule has 2 fully saturated rings. The minimum atomic E-state index is -1.98. The lowest BCUT2D eigenvalue weighted by atomic mass is 9.78. The topological polar surface area (TPSA) is 253 Å². The van der Waals surface area contributed by atoms with Crippen LogP contribution in [0.1, 0.15) is 54.0 Å². The second-order valence-corrected chi connectivity index (χ2v) is 18.3. The molecule has 8 rings (SSSR count). The van der Waals surface area contributed by atoms with Gasteiger partial charge in [-0.05, 0) is 31.8 Å². The average molecular weight is 897 g/mol. The second kappa shape index (κ2) is 16.8. The zero-order chi connectivity index (χ0) is 47.1. The van der Waals surface area contributed by atoms with Gasteiger partial charge in [0, 0.05) is 98.1 Å². The van der Waals surface area contributed by atoms with Crippen LogP contribution in [-0.4, -0.2) is 93.7 Å². The molecule has 4 bridgehead atoms. The van der Waals surface area contributed by atoms with Crippen LogP contribution < -0.4 is 36.8 Å². The van der Waals surface area contributed by atoms with Gasteiger partial charge in [0.1, 0.15) is 28.8 Å². The van der Waals surface area contributed by atoms with Gasteiger partial charge >= 0.3 is 11.8 Å². The van der Waals surface area contributed by atoms with Gasteiger partial charge in [-0.2, -0.15) is 0 Å². The number of nitrogens with zero attached hydrogens (tertiary/aromatic N) is 2. The summed E-state index contributed by atoms with van der Waals surface area (Å²) in [4.78, 5) is 61.9. The Balaban J connectivity index is 1.35. The fourth-order valence-corrected chi connectivity index (χ4v) is 9.84. The van der Waals surface area contributed by atoms with Gasteiger partial charge in [-0.1, -0.05) is 45.9 Å². The number of rotatable bonds is 3. The molecule has 7 N–H and O–H groups in total. The molecule has 0 radical (unpaired) electrons. The van der Waals surface area contributed by atoms with E-state index >= 15 is 0 Å². The van der Waals surface area contributed by atoms with Crippen LogP contribution in [0.15, 0.2) is 62.3 Å². The Hall–Kier alpha value is -6.01. The van der Waals surface area contributed by atoms with Crippen molar-refractivity contribution >= 4 is 62.0 Å². The maximum atomic E-state index is 14.8. The number of methoxy groups -OCH3 is 1. The van der Waals surface area contributed by atoms with Gasteiger partial charge in [-0.25, -0.2) is 4.98 Å². The number of phenolic OH excluding ortho intramolecular Hbond substituents is 1. The fraction of sp³-hybridized carbons (Fsp3) is 0.479. The highest BCUT2D eigenvalue weighted by Crippen LogP contribution is 2.46. The Morgan fingerprint density at radius 2 is 1.66 bits per heavy atom. The standard InChI is InChI=1S/C48H56N4O13/c1-19-11-10-12-20(2)47(60)51-38-42(58)33-32(37-45(38)64-31-16-26(15-29(54)36(31)50-37)52-17-27-28(18-52)35(27)49)34-44(24(6)41(33)57)65-48(8,46(34)59)62-14-13-30(61-9)21(3)43(63-25(7)53)23(5)40(56)22(4)39(19)55/h10-16,19,21-23,27-28,30,35,39-40,43,55-57,59H,17-18,49H2,1-9H3,(H,51,60)/b11-10+,14-13+,20-12-/t19-,21+,22+,23+,27-,28+,30-,35?,39-,40+,43+,48-/m0/s1. The summed E-state index contributed by atoms with van der Waals surface area (Å²) in [6, 6.07) is 3.21. The number of carbonyl (C=O) groups excluding carboxylic acids is 2. The molecular weight excluding hydrogens is 841 g/mol. The minimum Gasteiger partial charge on any atom is -0.507 e. The minimum absolute atomic E-state index is 0.0253. The molecule has 1 unspecified atom stereocenters. The van der Waals surface area contributed by atoms with Gasteiger partial charge in [0.05, 0.1) is 35.2 Å². The summed E-state index contributed by atoms with van der Waals surface area (Å²) in [6.07, 6.45) is 3.53. The monoisotopic (exact) mass is 896 g/mol. The Labute approximate surface area is 373 Å². The molecule has 4 aliphatic rings. The highest BCUT2D eigenvalue weighted by molar-refractivity contribution is 6.16. The van der Waals surface area contributed by atoms with Crippen molar-refractivity contribution in [1.29, 1.82) is 0 Å². The second-order valence-electron chi connectivity index (χ2n) is 18.3. The third-order valence-electron chi connectivity index (χ3n) is 14.0. The maximum absolute atomic E-state index is 14.8. The number of piperidine rings is 1. The van der Waals surface area contributed by atoms with E-state index in [1.54, 1.807) is 45.9 Å². The van der Waals surface area contributed by atoms with Crippen molar-refractivity contribution in [3.63, 3.8) is 0 Å². The Kier molecular flexibility index (Phi) is 11.7. The van der Waals surface area contributed by atoms with Crippen molar-refractivity contribution in [1.82, 2.24) is 4.98 Å². The molecule has 4 aromatic rings. The molecule has 1 aromatic heterocycles. The lowest BCUT2D eigenvalue weighted by Gasteiger charge is -2.38. The summed E-state index contributed by atoms with van der Waals surface area (Å²) in [6.45, 7) is 13.9. The van der Waals surface area contributed by atoms with Crippen LogP contribution in [0.2, 0.25) is 0 Å². The van der Waals surface area contributed by atoms with Crippen LogP contribution in [-0.2, 0) is 23.8 Å². The Bertz CT molecular complexity index is 2900. The van der Waals surface area contributed by atoms with Crippen molar-refractivity contribution in [2.45, 2.75) is 91.6 Å². The summed E-state index contributed by atoms with van der Waals surface area (Å²) in [7, 11) is 1.44. The van der Waals surface area contributed by atoms with Gasteiger partial charge in [-0.3, -0.25) is 19.2 Å². The number of fused-ring (bicyclic) bond motifs is 3. The van der Waals surface area contributed by atoms with E-state index in [0.717, 1.165) is 0 Å². The van der Waals surface area contributed by atoms with Crippen LogP contribution in [0.4, 0.5) is 11.4 Å². The first-order chi connectivity index (χ1) is 30.7. The maximum Gasteiger partial charge on any atom is 0.307 e. The number of anilines is 2. The van der Waals surface area contributed by atoms with E-state index in [1.165, 1.54) is 59.3 Å². The number of carbonyl (C=O) groups is 2. The number of benzene rings is 3. The van der Waals surface area contributed by atoms with Crippen LogP contribution >= 0.6 is 0 Å². The van der Waals surface area contributed by atoms with Gasteiger partial charge in [0.15, 0.2) is 22.4 Å². The molecule has 0 spiro atoms. The third-order valence-corrected chi connectivity index (χ3v) is 14.0. The molecule has 12 atom stereocenters. The van der Waals surface area contributed by atoms with E-state index in [0.29, 0.717) is 30.6 Å². The van der Waals surface area contributed by atoms with Crippen LogP contribution in [0.5, 0.6) is 11.5 Å². The van der Waals surface area contributed by atoms with Crippen molar-refractivity contribution in [3.05, 3.63) is 79.5 Å². The predicted molar refractivity (Wildman–Crippen MR) is 242 cm³/mol. The highest BCUT2D eigenvalue weighted by atomic mass is 16.7. The van der Waals surface area contributed by atoms with E-state index in [4.69, 9.17) is 34.1 Å². The molecule has 3 aromatic carbocycles. The van der Waals surface area contributed by atoms with Crippen molar-refractivity contribution < 1.29 is 53.4 Å². The molecule has 3 aliphatic heterocycles. The Morgan fingerprint density at radius 3 is 2.32 bits per heavy atom. The van der Waals surface area contributed by atoms with Crippen LogP contribution in [0.25, 0.3) is 38.7 Å². The first-order valence-electron chi connectivity index (χ1n) is 21.8. The normalized spacial score (nSPS) is 33.6. The van der Waals surface area contributed by atoms with Crippen LogP contribution in [0.3, 0.4) is 0 Å². The number of phenols is 1. The van der Waals surface area contributed by atoms with E-state index in [-0.39, 0.29) is 66.8 Å². The number of hydrogen-bond donors (Lipinski definition) is 6. The summed E-state index contributed by atoms with van der Waals surface area (Å²) in [5.74, 6) is -6.33. The predicted octanol–water partition coefficient (Wildman–Crippen LogP) is 3.95. The van der Waals surface area contributed by atoms with Gasteiger partial charge in [0.2, 0.25) is 10.9 Å². The van der Waals surface area contributed by atoms with Gasteiger partial charge in [0.25, 0.3) is 5.91 Å². The number of allylic oxidation sites excluding steroid dienone is 2. The molecule has 346 valence electrons. The summed E-state index contributed by atoms with van der Waals surface area (Å²) >= 11 is 0. The zero-order valence-electron chi connectivity index (χ0n) is 37.7. The third kappa shape index (κ3) is 7.67. The molecule has 1 amide bonds. The number of amides is 1. The van der Waals surface area contributed by atoms with Crippen molar-refractivity contribution in [2.75, 3.05) is 30.4 Å². The number of nitrogens with two attached hydrogens (primary N) is 1. The number of ether oxygens (including phenoxy) is 4. The molecule has 4 heterocycles. The first kappa shape index (κ1) is 45.6. The quantitative estimate of drug-likeness (QED) is 0.0967. The molecule has 1 saturated carbocycles. The van der Waals surface area contributed by atoms with Gasteiger partial charge in [-0.15, -0.1) is 0 Å². The number of nitrogens with one attached hydrogen (secondary N) is 1. The summed E-state index contributed by atoms with van der Waals surface area (Å²) < 4.78 is 30.4. The molecule has 17 heteroatoms. The molecule has 65 heavy (non-hydrogen) atoms. The lowest BCUT2D eigenvalue weighted by Crippen LogP contribution is -2.46. The zero-order valence-corrected chi connectivity index (χ0v) is 37.7. The number of aromatic hydroxyl groups is 1. The SMILES string of the molecule is CO[C@H]1/C=C/O[C@@]2(C)Oc3c(C)c(O)c4c(=O)c(c5oc6cc(N7C[C@@H]8C(N)[C@@H]8C7)cc(=O)c6nc5c4c3=C2O)NC(=O)/C(C)=C\C=C\[C@H](C)[C@H](O)[C@@H](C)[C@@H](O)[C@@H](C)[C@H](OC(C)=O)[C@@H]1C. The molecule has 1 aliphatic carbocycles. The first-order valence-corrected chi connectivity index (χ1v) is 21.8. The molecule has 17 nitrogen and oxygen atoms in total. The highest BCUT2D eigenvalue weighted by Gasteiger charge is 2.53. The van der Waals surface area contributed by atoms with E-state index in [1.807, 2.05) is 4.90 Å². The number of aliphatic hydroxyl groups excluding tert-OH is 3. The number of esters is 1. The number of aromatic nitrogens is 1. The van der Waals surface area contributed by atoms with E-state index in [9.17, 15) is 39.6 Å². The van der Waals surface area contributed by atoms with Gasteiger partial charge < -0.3 is 59.7 Å². The molecular formula is C48H56N4O13. The lowest BCUT2D eigenvalue weighted by molar-refractivity contribution is -0.160. The fourth-order valence-electron chi connectivity index (χ4n) is 9.84. The summed E-state index contributed by atoms with van der Waals surface area (Å²) in [5.41, 5.74) is 4.73. The number of aliphatic hydroxyl groups is 3. The molecule has 1 saturated heterocycles. The number of hydrogen-bond acceptors (Lipinski definition) is 16. The van der Waals surface area contributed by atoms with Crippen LogP contribution in [0, 0.1) is 42.4 Å². The van der Waals surface area contributed by atoms with Crippen molar-refractivity contribution in [3.8, 4) is 11.5 Å². The average Bonchev–Trinajstić information content (AvgIpc) is 3.53. The van der Waals surface area contributed by atoms with Crippen molar-refractivity contribution in [2.24, 2.45) is 41.2 Å². The smallest absolute Gasteiger partial charge is 0.307 e. The van der Waals surface area contributed by atoms with E-state index < -0.39 is 88.1 Å². The summed E-state index contributed by atoms with van der Waals surface area (Å²) in [5, 5.41) is 49.1.